The molecular weight excluding hydrogens is 320 g/mol. The molecule has 104 valence electrons. The highest BCUT2D eigenvalue weighted by molar-refractivity contribution is 9.10. The second-order valence-electron chi connectivity index (χ2n) is 4.86. The van der Waals surface area contributed by atoms with Crippen molar-refractivity contribution in [3.05, 3.63) is 50.0 Å². The van der Waals surface area contributed by atoms with Crippen LogP contribution < -0.4 is 16.3 Å². The van der Waals surface area contributed by atoms with E-state index < -0.39 is 0 Å². The van der Waals surface area contributed by atoms with Crippen molar-refractivity contribution in [1.29, 1.82) is 0 Å². The molecule has 0 saturated heterocycles. The van der Waals surface area contributed by atoms with Gasteiger partial charge in [0.2, 0.25) is 0 Å². The van der Waals surface area contributed by atoms with Crippen molar-refractivity contribution in [2.75, 3.05) is 11.9 Å². The van der Waals surface area contributed by atoms with Crippen LogP contribution in [0.1, 0.15) is 16.8 Å². The van der Waals surface area contributed by atoms with E-state index in [1.807, 2.05) is 25.1 Å². The summed E-state index contributed by atoms with van der Waals surface area (Å²) in [6, 6.07) is 5.99. The highest BCUT2D eigenvalue weighted by atomic mass is 79.9. The van der Waals surface area contributed by atoms with E-state index in [0.717, 1.165) is 39.9 Å². The van der Waals surface area contributed by atoms with E-state index in [4.69, 9.17) is 0 Å². The molecule has 0 unspecified atom stereocenters. The van der Waals surface area contributed by atoms with Gasteiger partial charge in [-0.3, -0.25) is 0 Å². The Bertz CT molecular complexity index is 711. The fraction of sp³-hybridized carbons (Fsp3) is 0.286. The first-order valence-electron chi connectivity index (χ1n) is 6.49. The van der Waals surface area contributed by atoms with Crippen molar-refractivity contribution in [2.24, 2.45) is 0 Å². The highest BCUT2D eigenvalue weighted by Gasteiger charge is 2.16. The second kappa shape index (κ2) is 5.38. The zero-order valence-electron chi connectivity index (χ0n) is 11.1. The predicted molar refractivity (Wildman–Crippen MR) is 82.4 cm³/mol. The molecule has 1 aliphatic rings. The summed E-state index contributed by atoms with van der Waals surface area (Å²) in [6.45, 7) is 3.61. The average molecular weight is 335 g/mol. The molecule has 0 amide bonds. The van der Waals surface area contributed by atoms with Gasteiger partial charge in [-0.15, -0.1) is 0 Å². The van der Waals surface area contributed by atoms with E-state index in [1.165, 1.54) is 0 Å². The average Bonchev–Trinajstić information content (AvgIpc) is 2.43. The van der Waals surface area contributed by atoms with Crippen molar-refractivity contribution in [2.45, 2.75) is 19.9 Å². The highest BCUT2D eigenvalue weighted by Crippen LogP contribution is 2.26. The molecule has 2 aromatic rings. The molecule has 0 radical (unpaired) electrons. The van der Waals surface area contributed by atoms with Gasteiger partial charge in [-0.2, -0.15) is 4.98 Å². The number of aryl methyl sites for hydroxylation is 1. The normalized spacial score (nSPS) is 13.9. The van der Waals surface area contributed by atoms with Gasteiger partial charge in [0.25, 0.3) is 0 Å². The molecule has 20 heavy (non-hydrogen) atoms. The molecular formula is C14H15BrN4O. The third-order valence-corrected chi connectivity index (χ3v) is 3.92. The van der Waals surface area contributed by atoms with Crippen molar-refractivity contribution in [3.63, 3.8) is 0 Å². The minimum absolute atomic E-state index is 0.305. The van der Waals surface area contributed by atoms with Crippen LogP contribution in [0.25, 0.3) is 0 Å². The first-order valence-corrected chi connectivity index (χ1v) is 7.29. The first kappa shape index (κ1) is 13.3. The van der Waals surface area contributed by atoms with Gasteiger partial charge in [0.05, 0.1) is 0 Å². The van der Waals surface area contributed by atoms with Crippen LogP contribution in [0.3, 0.4) is 0 Å². The third-order valence-electron chi connectivity index (χ3n) is 3.43. The molecule has 5 nitrogen and oxygen atoms in total. The molecule has 0 fully saturated rings. The number of aromatic nitrogens is 2. The Morgan fingerprint density at radius 3 is 3.10 bits per heavy atom. The van der Waals surface area contributed by atoms with Crippen LogP contribution in [0.5, 0.6) is 0 Å². The summed E-state index contributed by atoms with van der Waals surface area (Å²) < 4.78 is 0.988. The molecule has 0 bridgehead atoms. The molecule has 1 aromatic heterocycles. The number of hydrogen-bond donors (Lipinski definition) is 3. The minimum Gasteiger partial charge on any atom is -0.339 e. The van der Waals surface area contributed by atoms with Gasteiger partial charge in [-0.1, -0.05) is 22.0 Å². The standard InChI is InChI=1S/C14H15BrN4O/c1-8-2-3-9(15)6-12(8)17-13-10-7-16-5-4-11(10)18-14(20)19-13/h2-3,6,16H,4-5,7H2,1H3,(H2,17,18,19,20). The largest absolute Gasteiger partial charge is 0.347 e. The van der Waals surface area contributed by atoms with Gasteiger partial charge in [-0.25, -0.2) is 4.79 Å². The van der Waals surface area contributed by atoms with E-state index in [1.54, 1.807) is 0 Å². The second-order valence-corrected chi connectivity index (χ2v) is 5.77. The van der Waals surface area contributed by atoms with Gasteiger partial charge in [0, 0.05) is 40.9 Å². The number of rotatable bonds is 2. The SMILES string of the molecule is Cc1ccc(Br)cc1Nc1nc(=O)[nH]c2c1CNCC2. The Balaban J connectivity index is 2.04. The van der Waals surface area contributed by atoms with E-state index in [0.29, 0.717) is 12.4 Å². The molecule has 6 heteroatoms. The summed E-state index contributed by atoms with van der Waals surface area (Å²) in [6.07, 6.45) is 0.819. The lowest BCUT2D eigenvalue weighted by Crippen LogP contribution is -2.29. The van der Waals surface area contributed by atoms with E-state index in [-0.39, 0.29) is 5.69 Å². The Kier molecular flexibility index (Phi) is 3.58. The van der Waals surface area contributed by atoms with E-state index in [9.17, 15) is 4.79 Å². The molecule has 0 atom stereocenters. The van der Waals surface area contributed by atoms with Crippen molar-refractivity contribution < 1.29 is 0 Å². The fourth-order valence-electron chi connectivity index (χ4n) is 2.33. The Morgan fingerprint density at radius 1 is 1.40 bits per heavy atom. The first-order chi connectivity index (χ1) is 9.63. The lowest BCUT2D eigenvalue weighted by molar-refractivity contribution is 0.624. The maximum absolute atomic E-state index is 11.7. The predicted octanol–water partition coefficient (Wildman–Crippen LogP) is 2.23. The smallest absolute Gasteiger partial charge is 0.339 e. The summed E-state index contributed by atoms with van der Waals surface area (Å²) in [7, 11) is 0. The summed E-state index contributed by atoms with van der Waals surface area (Å²) in [5, 5.41) is 6.58. The lowest BCUT2D eigenvalue weighted by Gasteiger charge is -2.20. The quantitative estimate of drug-likeness (QED) is 0.787. The Hall–Kier alpha value is -1.66. The molecule has 0 aliphatic carbocycles. The Labute approximate surface area is 125 Å². The van der Waals surface area contributed by atoms with Gasteiger partial charge in [0.15, 0.2) is 0 Å². The molecule has 1 aromatic carbocycles. The zero-order chi connectivity index (χ0) is 14.1. The molecule has 3 rings (SSSR count). The number of benzene rings is 1. The van der Waals surface area contributed by atoms with Crippen LogP contribution in [0, 0.1) is 6.92 Å². The van der Waals surface area contributed by atoms with Gasteiger partial charge in [0.1, 0.15) is 5.82 Å². The van der Waals surface area contributed by atoms with Crippen LogP contribution in [0.2, 0.25) is 0 Å². The number of anilines is 2. The zero-order valence-corrected chi connectivity index (χ0v) is 12.7. The Morgan fingerprint density at radius 2 is 2.25 bits per heavy atom. The number of hydrogen-bond acceptors (Lipinski definition) is 4. The van der Waals surface area contributed by atoms with Crippen LogP contribution >= 0.6 is 15.9 Å². The van der Waals surface area contributed by atoms with E-state index in [2.05, 4.69) is 36.5 Å². The monoisotopic (exact) mass is 334 g/mol. The number of aromatic amines is 1. The number of nitrogens with one attached hydrogen (secondary N) is 3. The topological polar surface area (TPSA) is 69.8 Å². The number of halogens is 1. The molecule has 0 spiro atoms. The number of fused-ring (bicyclic) bond motifs is 1. The van der Waals surface area contributed by atoms with Crippen molar-refractivity contribution >= 4 is 27.4 Å². The maximum atomic E-state index is 11.7. The molecule has 3 N–H and O–H groups in total. The van der Waals surface area contributed by atoms with Crippen LogP contribution in [0.4, 0.5) is 11.5 Å². The van der Waals surface area contributed by atoms with Crippen LogP contribution in [-0.2, 0) is 13.0 Å². The number of nitrogens with zero attached hydrogens (tertiary/aromatic N) is 1. The molecule has 0 saturated carbocycles. The lowest BCUT2D eigenvalue weighted by atomic mass is 10.1. The van der Waals surface area contributed by atoms with Gasteiger partial charge >= 0.3 is 5.69 Å². The van der Waals surface area contributed by atoms with E-state index >= 15 is 0 Å². The van der Waals surface area contributed by atoms with Gasteiger partial charge < -0.3 is 15.6 Å². The molecule has 1 aliphatic heterocycles. The molecule has 2 heterocycles. The van der Waals surface area contributed by atoms with Crippen molar-refractivity contribution in [3.8, 4) is 0 Å². The third kappa shape index (κ3) is 2.62. The van der Waals surface area contributed by atoms with Gasteiger partial charge in [-0.05, 0) is 24.6 Å². The summed E-state index contributed by atoms with van der Waals surface area (Å²) >= 11 is 3.46. The minimum atomic E-state index is -0.305. The van der Waals surface area contributed by atoms with Crippen LogP contribution in [0.15, 0.2) is 27.5 Å². The maximum Gasteiger partial charge on any atom is 0.347 e. The summed E-state index contributed by atoms with van der Waals surface area (Å²) in [4.78, 5) is 18.6. The van der Waals surface area contributed by atoms with Crippen molar-refractivity contribution in [1.82, 2.24) is 15.3 Å². The fourth-order valence-corrected chi connectivity index (χ4v) is 2.70. The summed E-state index contributed by atoms with van der Waals surface area (Å²) in [5.74, 6) is 0.636. The summed E-state index contributed by atoms with van der Waals surface area (Å²) in [5.41, 5.74) is 3.76. The number of H-pyrrole nitrogens is 1. The van der Waals surface area contributed by atoms with Crippen LogP contribution in [-0.4, -0.2) is 16.5 Å².